The molecule has 0 bridgehead atoms. The van der Waals surface area contributed by atoms with Crippen LogP contribution in [-0.4, -0.2) is 12.1 Å². The Morgan fingerprint density at radius 1 is 1.28 bits per heavy atom. The first-order valence-corrected chi connectivity index (χ1v) is 7.32. The van der Waals surface area contributed by atoms with Gasteiger partial charge in [-0.3, -0.25) is 0 Å². The lowest BCUT2D eigenvalue weighted by Gasteiger charge is -2.32. The van der Waals surface area contributed by atoms with Crippen molar-refractivity contribution in [2.45, 2.75) is 58.9 Å². The molecule has 1 aliphatic heterocycles. The van der Waals surface area contributed by atoms with Crippen LogP contribution >= 0.6 is 0 Å². The zero-order valence-electron chi connectivity index (χ0n) is 12.3. The minimum Gasteiger partial charge on any atom is -0.311 e. The van der Waals surface area contributed by atoms with Gasteiger partial charge in [0, 0.05) is 5.54 Å². The molecule has 0 saturated carbocycles. The van der Waals surface area contributed by atoms with Gasteiger partial charge in [0.05, 0.1) is 0 Å². The summed E-state index contributed by atoms with van der Waals surface area (Å²) < 4.78 is 0. The first-order valence-electron chi connectivity index (χ1n) is 7.32. The summed E-state index contributed by atoms with van der Waals surface area (Å²) in [6.45, 7) is 10.3. The van der Waals surface area contributed by atoms with Crippen molar-refractivity contribution in [3.63, 3.8) is 0 Å². The second-order valence-electron chi connectivity index (χ2n) is 6.52. The normalized spacial score (nSPS) is 23.8. The quantitative estimate of drug-likeness (QED) is 0.845. The van der Waals surface area contributed by atoms with Gasteiger partial charge >= 0.3 is 0 Å². The van der Waals surface area contributed by atoms with Crippen LogP contribution in [0.15, 0.2) is 18.2 Å². The van der Waals surface area contributed by atoms with Gasteiger partial charge in [0.1, 0.15) is 0 Å². The van der Waals surface area contributed by atoms with E-state index in [2.05, 4.69) is 51.2 Å². The molecule has 1 aromatic carbocycles. The first kappa shape index (κ1) is 13.6. The van der Waals surface area contributed by atoms with E-state index in [0.717, 1.165) is 5.92 Å². The lowest BCUT2D eigenvalue weighted by atomic mass is 9.81. The van der Waals surface area contributed by atoms with Gasteiger partial charge in [0.15, 0.2) is 0 Å². The van der Waals surface area contributed by atoms with Crippen LogP contribution in [0.3, 0.4) is 0 Å². The molecule has 0 aliphatic carbocycles. The maximum Gasteiger partial charge on any atom is 0.0224 e. The van der Waals surface area contributed by atoms with Crippen LogP contribution in [-0.2, 0) is 6.42 Å². The van der Waals surface area contributed by atoms with Gasteiger partial charge in [-0.15, -0.1) is 0 Å². The van der Waals surface area contributed by atoms with E-state index in [4.69, 9.17) is 0 Å². The molecule has 1 aliphatic rings. The van der Waals surface area contributed by atoms with Crippen LogP contribution in [0.25, 0.3) is 0 Å². The SMILES string of the molecule is Cc1ccc(CC2(CC(C)C)CCCN2)c(C)c1. The fraction of sp³-hybridized carbons (Fsp3) is 0.647. The Labute approximate surface area is 112 Å². The average Bonchev–Trinajstić information content (AvgIpc) is 2.70. The molecule has 18 heavy (non-hydrogen) atoms. The van der Waals surface area contributed by atoms with E-state index in [1.807, 2.05) is 0 Å². The molecule has 0 amide bonds. The third kappa shape index (κ3) is 3.14. The zero-order valence-corrected chi connectivity index (χ0v) is 12.3. The van der Waals surface area contributed by atoms with E-state index < -0.39 is 0 Å². The van der Waals surface area contributed by atoms with Crippen molar-refractivity contribution in [1.82, 2.24) is 5.32 Å². The second kappa shape index (κ2) is 5.44. The van der Waals surface area contributed by atoms with Crippen molar-refractivity contribution in [3.05, 3.63) is 34.9 Å². The predicted octanol–water partition coefficient (Wildman–Crippen LogP) is 4.01. The van der Waals surface area contributed by atoms with Crippen LogP contribution in [0.4, 0.5) is 0 Å². The van der Waals surface area contributed by atoms with Crippen molar-refractivity contribution in [1.29, 1.82) is 0 Å². The maximum absolute atomic E-state index is 3.79. The Kier molecular flexibility index (Phi) is 4.11. The Bertz CT molecular complexity index is 400. The fourth-order valence-corrected chi connectivity index (χ4v) is 3.46. The lowest BCUT2D eigenvalue weighted by Crippen LogP contribution is -2.43. The molecule has 1 atom stereocenters. The van der Waals surface area contributed by atoms with Gasteiger partial charge in [0.2, 0.25) is 0 Å². The highest BCUT2D eigenvalue weighted by Crippen LogP contribution is 2.31. The van der Waals surface area contributed by atoms with Gasteiger partial charge < -0.3 is 5.32 Å². The van der Waals surface area contributed by atoms with Crippen LogP contribution in [0.5, 0.6) is 0 Å². The summed E-state index contributed by atoms with van der Waals surface area (Å²) in [5, 5.41) is 3.79. The van der Waals surface area contributed by atoms with Crippen LogP contribution < -0.4 is 5.32 Å². The number of nitrogens with one attached hydrogen (secondary N) is 1. The number of aryl methyl sites for hydroxylation is 2. The molecule has 2 rings (SSSR count). The Hall–Kier alpha value is -0.820. The average molecular weight is 245 g/mol. The lowest BCUT2D eigenvalue weighted by molar-refractivity contribution is 0.301. The molecule has 1 N–H and O–H groups in total. The van der Waals surface area contributed by atoms with Crippen molar-refractivity contribution >= 4 is 0 Å². The summed E-state index contributed by atoms with van der Waals surface area (Å²) in [5.74, 6) is 0.765. The summed E-state index contributed by atoms with van der Waals surface area (Å²) >= 11 is 0. The standard InChI is InChI=1S/C17H27N/c1-13(2)11-17(8-5-9-18-17)12-16-7-6-14(3)10-15(16)4/h6-7,10,13,18H,5,8-9,11-12H2,1-4H3. The fourth-order valence-electron chi connectivity index (χ4n) is 3.46. The van der Waals surface area contributed by atoms with Crippen molar-refractivity contribution < 1.29 is 0 Å². The van der Waals surface area contributed by atoms with Gasteiger partial charge in [0.25, 0.3) is 0 Å². The molecular weight excluding hydrogens is 218 g/mol. The molecule has 1 nitrogen and oxygen atoms in total. The minimum absolute atomic E-state index is 0.355. The highest BCUT2D eigenvalue weighted by atomic mass is 15.0. The van der Waals surface area contributed by atoms with Gasteiger partial charge in [-0.05, 0) is 63.1 Å². The van der Waals surface area contributed by atoms with E-state index in [1.165, 1.54) is 48.9 Å². The zero-order chi connectivity index (χ0) is 13.2. The smallest absolute Gasteiger partial charge is 0.0224 e. The van der Waals surface area contributed by atoms with Gasteiger partial charge in [-0.1, -0.05) is 37.6 Å². The van der Waals surface area contributed by atoms with Crippen molar-refractivity contribution in [2.24, 2.45) is 5.92 Å². The molecule has 1 saturated heterocycles. The minimum atomic E-state index is 0.355. The van der Waals surface area contributed by atoms with Crippen LogP contribution in [0, 0.1) is 19.8 Å². The molecule has 1 aromatic rings. The number of hydrogen-bond donors (Lipinski definition) is 1. The van der Waals surface area contributed by atoms with Crippen molar-refractivity contribution in [3.8, 4) is 0 Å². The molecule has 0 radical (unpaired) electrons. The molecule has 0 aromatic heterocycles. The number of benzene rings is 1. The van der Waals surface area contributed by atoms with E-state index in [1.54, 1.807) is 0 Å². The van der Waals surface area contributed by atoms with Gasteiger partial charge in [-0.25, -0.2) is 0 Å². The maximum atomic E-state index is 3.79. The van der Waals surface area contributed by atoms with Gasteiger partial charge in [-0.2, -0.15) is 0 Å². The summed E-state index contributed by atoms with van der Waals surface area (Å²) in [7, 11) is 0. The van der Waals surface area contributed by atoms with E-state index in [0.29, 0.717) is 5.54 Å². The van der Waals surface area contributed by atoms with Crippen LogP contribution in [0.1, 0.15) is 49.8 Å². The molecule has 0 spiro atoms. The molecule has 1 heterocycles. The summed E-state index contributed by atoms with van der Waals surface area (Å²) in [6, 6.07) is 6.89. The molecule has 100 valence electrons. The molecule has 1 heteroatoms. The van der Waals surface area contributed by atoms with E-state index in [9.17, 15) is 0 Å². The Balaban J connectivity index is 2.18. The summed E-state index contributed by atoms with van der Waals surface area (Å²) in [5.41, 5.74) is 4.70. The highest BCUT2D eigenvalue weighted by Gasteiger charge is 2.34. The largest absolute Gasteiger partial charge is 0.311 e. The number of rotatable bonds is 4. The molecule has 1 fully saturated rings. The molecule has 1 unspecified atom stereocenters. The third-order valence-corrected chi connectivity index (χ3v) is 4.16. The Morgan fingerprint density at radius 2 is 2.06 bits per heavy atom. The van der Waals surface area contributed by atoms with E-state index >= 15 is 0 Å². The second-order valence-corrected chi connectivity index (χ2v) is 6.52. The molecular formula is C17H27N. The monoisotopic (exact) mass is 245 g/mol. The third-order valence-electron chi connectivity index (χ3n) is 4.16. The van der Waals surface area contributed by atoms with Crippen LogP contribution in [0.2, 0.25) is 0 Å². The first-order chi connectivity index (χ1) is 8.51. The topological polar surface area (TPSA) is 12.0 Å². The summed E-state index contributed by atoms with van der Waals surface area (Å²) in [4.78, 5) is 0. The summed E-state index contributed by atoms with van der Waals surface area (Å²) in [6.07, 6.45) is 5.15. The predicted molar refractivity (Wildman–Crippen MR) is 79.0 cm³/mol. The Morgan fingerprint density at radius 3 is 2.61 bits per heavy atom. The highest BCUT2D eigenvalue weighted by molar-refractivity contribution is 5.32. The van der Waals surface area contributed by atoms with E-state index in [-0.39, 0.29) is 0 Å². The number of hydrogen-bond acceptors (Lipinski definition) is 1. The van der Waals surface area contributed by atoms with Crippen molar-refractivity contribution in [2.75, 3.05) is 6.54 Å².